The molecule has 7 heteroatoms. The van der Waals surface area contributed by atoms with Crippen molar-refractivity contribution in [2.75, 3.05) is 32.7 Å². The lowest BCUT2D eigenvalue weighted by Crippen LogP contribution is -2.32. The molecule has 150 valence electrons. The molecule has 2 atom stereocenters. The fourth-order valence-corrected chi connectivity index (χ4v) is 5.21. The van der Waals surface area contributed by atoms with Crippen molar-refractivity contribution in [2.24, 2.45) is 11.8 Å². The average molecular weight is 409 g/mol. The molecular weight excluding hydrogens is 384 g/mol. The van der Waals surface area contributed by atoms with E-state index < -0.39 is 0 Å². The monoisotopic (exact) mass is 408 g/mol. The molecule has 2 fully saturated rings. The predicted octanol–water partition coefficient (Wildman–Crippen LogP) is 3.44. The van der Waals surface area contributed by atoms with Gasteiger partial charge in [-0.15, -0.1) is 0 Å². The number of fused-ring (bicyclic) bond motifs is 2. The van der Waals surface area contributed by atoms with Gasteiger partial charge in [0, 0.05) is 45.8 Å². The highest BCUT2D eigenvalue weighted by molar-refractivity contribution is 7.19. The maximum Gasteiger partial charge on any atom is 0.281 e. The second-order valence-electron chi connectivity index (χ2n) is 8.01. The van der Waals surface area contributed by atoms with E-state index >= 15 is 0 Å². The fourth-order valence-electron chi connectivity index (χ4n) is 4.44. The Hall–Kier alpha value is -2.51. The molecule has 2 aliphatic rings. The average Bonchev–Trinajstić information content (AvgIpc) is 3.39. The molecule has 1 unspecified atom stereocenters. The van der Waals surface area contributed by atoms with E-state index in [1.807, 2.05) is 29.2 Å². The molecule has 1 aromatic carbocycles. The second kappa shape index (κ2) is 7.72. The molecule has 0 aliphatic carbocycles. The van der Waals surface area contributed by atoms with Gasteiger partial charge in [-0.2, -0.15) is 0 Å². The zero-order valence-electron chi connectivity index (χ0n) is 16.5. The number of hydrogen-bond donors (Lipinski definition) is 0. The highest BCUT2D eigenvalue weighted by Gasteiger charge is 2.40. The zero-order valence-corrected chi connectivity index (χ0v) is 17.3. The maximum absolute atomic E-state index is 11.6. The van der Waals surface area contributed by atoms with E-state index in [1.54, 1.807) is 13.1 Å². The van der Waals surface area contributed by atoms with Crippen LogP contribution in [0.3, 0.4) is 0 Å². The Balaban J connectivity index is 1.13. The number of amides is 1. The van der Waals surface area contributed by atoms with Crippen molar-refractivity contribution in [3.63, 3.8) is 0 Å². The summed E-state index contributed by atoms with van der Waals surface area (Å²) in [4.78, 5) is 25.8. The summed E-state index contributed by atoms with van der Waals surface area (Å²) in [5.41, 5.74) is 2.18. The van der Waals surface area contributed by atoms with Crippen LogP contribution in [0.2, 0.25) is 0 Å². The molecule has 4 heterocycles. The summed E-state index contributed by atoms with van der Waals surface area (Å²) < 4.78 is 5.90. The van der Waals surface area contributed by atoms with Crippen molar-refractivity contribution in [1.29, 1.82) is 0 Å². The van der Waals surface area contributed by atoms with Gasteiger partial charge in [0.1, 0.15) is 16.1 Å². The number of aromatic nitrogens is 2. The van der Waals surface area contributed by atoms with Gasteiger partial charge >= 0.3 is 0 Å². The summed E-state index contributed by atoms with van der Waals surface area (Å²) in [5, 5.41) is 0.620. The Morgan fingerprint density at radius 3 is 2.59 bits per heavy atom. The summed E-state index contributed by atoms with van der Waals surface area (Å²) >= 11 is 1.46. The number of nitrogens with zero attached hydrogens (tertiary/aromatic N) is 4. The number of benzene rings is 1. The molecule has 29 heavy (non-hydrogen) atoms. The third-order valence-electron chi connectivity index (χ3n) is 6.00. The molecule has 1 amide bonds. The molecule has 0 saturated carbocycles. The third kappa shape index (κ3) is 3.97. The van der Waals surface area contributed by atoms with Gasteiger partial charge in [0.25, 0.3) is 5.19 Å². The number of carbonyl (C=O) groups excluding carboxylic acids is 1. The molecule has 0 spiro atoms. The van der Waals surface area contributed by atoms with Crippen molar-refractivity contribution in [2.45, 2.75) is 13.3 Å². The zero-order chi connectivity index (χ0) is 19.8. The Morgan fingerprint density at radius 1 is 1.14 bits per heavy atom. The van der Waals surface area contributed by atoms with E-state index in [9.17, 15) is 4.79 Å². The summed E-state index contributed by atoms with van der Waals surface area (Å²) in [6.45, 7) is 6.84. The van der Waals surface area contributed by atoms with Crippen molar-refractivity contribution in [3.05, 3.63) is 48.2 Å². The van der Waals surface area contributed by atoms with E-state index in [1.165, 1.54) is 16.9 Å². The first-order chi connectivity index (χ1) is 14.1. The van der Waals surface area contributed by atoms with Crippen LogP contribution < -0.4 is 4.74 Å². The molecule has 2 saturated heterocycles. The number of hydrogen-bond acceptors (Lipinski definition) is 6. The standard InChI is InChI=1S/C22H24N4O2S/c1-15(27)26-13-17-11-25(12-18(17)14-26)10-8-16-4-6-19(7-5-16)28-22-24-20-3-2-9-23-21(20)29-22/h2-7,9,17-18H,8,10-14H2,1H3/t17-,18?/m0/s1. The van der Waals surface area contributed by atoms with Gasteiger partial charge in [0.05, 0.1) is 0 Å². The van der Waals surface area contributed by atoms with Crippen LogP contribution in [0.15, 0.2) is 42.6 Å². The number of thiazole rings is 1. The number of pyridine rings is 1. The lowest BCUT2D eigenvalue weighted by Gasteiger charge is -2.20. The van der Waals surface area contributed by atoms with Gasteiger partial charge in [-0.3, -0.25) is 4.79 Å². The molecule has 3 aromatic rings. The Labute approximate surface area is 174 Å². The highest BCUT2D eigenvalue weighted by Crippen LogP contribution is 2.32. The van der Waals surface area contributed by atoms with E-state index in [-0.39, 0.29) is 5.91 Å². The molecule has 6 nitrogen and oxygen atoms in total. The quantitative estimate of drug-likeness (QED) is 0.647. The van der Waals surface area contributed by atoms with Crippen LogP contribution in [-0.4, -0.2) is 58.4 Å². The lowest BCUT2D eigenvalue weighted by molar-refractivity contribution is -0.128. The normalized spacial score (nSPS) is 21.6. The lowest BCUT2D eigenvalue weighted by atomic mass is 10.0. The van der Waals surface area contributed by atoms with Crippen LogP contribution in [0.25, 0.3) is 10.3 Å². The Kier molecular flexibility index (Phi) is 4.93. The summed E-state index contributed by atoms with van der Waals surface area (Å²) in [7, 11) is 0. The van der Waals surface area contributed by atoms with Crippen LogP contribution in [0.1, 0.15) is 12.5 Å². The fraction of sp³-hybridized carbons (Fsp3) is 0.409. The van der Waals surface area contributed by atoms with Crippen LogP contribution in [-0.2, 0) is 11.2 Å². The number of likely N-dealkylation sites (tertiary alicyclic amines) is 2. The summed E-state index contributed by atoms with van der Waals surface area (Å²) in [6.07, 6.45) is 2.80. The molecule has 2 aromatic heterocycles. The van der Waals surface area contributed by atoms with Gasteiger partial charge in [0.15, 0.2) is 0 Å². The van der Waals surface area contributed by atoms with E-state index in [0.29, 0.717) is 17.0 Å². The predicted molar refractivity (Wildman–Crippen MR) is 113 cm³/mol. The van der Waals surface area contributed by atoms with Gasteiger partial charge in [-0.25, -0.2) is 9.97 Å². The first-order valence-corrected chi connectivity index (χ1v) is 10.9. The minimum Gasteiger partial charge on any atom is -0.431 e. The van der Waals surface area contributed by atoms with E-state index in [0.717, 1.165) is 55.2 Å². The van der Waals surface area contributed by atoms with Crippen molar-refractivity contribution >= 4 is 27.6 Å². The van der Waals surface area contributed by atoms with Crippen molar-refractivity contribution < 1.29 is 9.53 Å². The first-order valence-electron chi connectivity index (χ1n) is 10.1. The number of ether oxygens (including phenoxy) is 1. The topological polar surface area (TPSA) is 58.6 Å². The molecular formula is C22H24N4O2S. The maximum atomic E-state index is 11.6. The van der Waals surface area contributed by atoms with Crippen LogP contribution in [0.5, 0.6) is 10.9 Å². The van der Waals surface area contributed by atoms with Gasteiger partial charge in [-0.05, 0) is 48.1 Å². The molecule has 0 bridgehead atoms. The minimum atomic E-state index is 0.218. The molecule has 5 rings (SSSR count). The first kappa shape index (κ1) is 18.5. The van der Waals surface area contributed by atoms with Crippen molar-refractivity contribution in [3.8, 4) is 10.9 Å². The Morgan fingerprint density at radius 2 is 1.90 bits per heavy atom. The van der Waals surface area contributed by atoms with Gasteiger partial charge in [0.2, 0.25) is 5.91 Å². The van der Waals surface area contributed by atoms with Crippen LogP contribution in [0, 0.1) is 11.8 Å². The second-order valence-corrected chi connectivity index (χ2v) is 8.95. The number of rotatable bonds is 5. The smallest absolute Gasteiger partial charge is 0.281 e. The van der Waals surface area contributed by atoms with Gasteiger partial charge < -0.3 is 14.5 Å². The third-order valence-corrected chi connectivity index (χ3v) is 6.86. The molecule has 0 radical (unpaired) electrons. The Bertz CT molecular complexity index is 972. The SMILES string of the molecule is CC(=O)N1CC2CN(CCc3ccc(Oc4nc5cccnc5s4)cc3)C[C@H]2C1. The minimum absolute atomic E-state index is 0.218. The molecule has 2 aliphatic heterocycles. The summed E-state index contributed by atoms with van der Waals surface area (Å²) in [6, 6.07) is 12.1. The largest absolute Gasteiger partial charge is 0.431 e. The highest BCUT2D eigenvalue weighted by atomic mass is 32.1. The van der Waals surface area contributed by atoms with Crippen LogP contribution >= 0.6 is 11.3 Å². The van der Waals surface area contributed by atoms with E-state index in [4.69, 9.17) is 4.74 Å². The van der Waals surface area contributed by atoms with Crippen LogP contribution in [0.4, 0.5) is 0 Å². The number of carbonyl (C=O) groups is 1. The van der Waals surface area contributed by atoms with Crippen molar-refractivity contribution in [1.82, 2.24) is 19.8 Å². The molecule has 0 N–H and O–H groups in total. The summed E-state index contributed by atoms with van der Waals surface area (Å²) in [5.74, 6) is 2.32. The van der Waals surface area contributed by atoms with E-state index in [2.05, 4.69) is 27.0 Å². The van der Waals surface area contributed by atoms with Gasteiger partial charge in [-0.1, -0.05) is 23.5 Å².